The van der Waals surface area contributed by atoms with Crippen molar-refractivity contribution in [3.63, 3.8) is 0 Å². The minimum Gasteiger partial charge on any atom is -0.333 e. The van der Waals surface area contributed by atoms with E-state index < -0.39 is 9.84 Å². The van der Waals surface area contributed by atoms with Crippen LogP contribution in [0.2, 0.25) is 0 Å². The molecule has 0 unspecified atom stereocenters. The minimum absolute atomic E-state index is 0.0530. The number of amides is 1. The van der Waals surface area contributed by atoms with E-state index in [1.165, 1.54) is 18.1 Å². The van der Waals surface area contributed by atoms with E-state index in [1.54, 1.807) is 27.6 Å². The van der Waals surface area contributed by atoms with Crippen LogP contribution in [0.3, 0.4) is 0 Å². The van der Waals surface area contributed by atoms with E-state index in [4.69, 9.17) is 0 Å². The molecule has 10 heteroatoms. The summed E-state index contributed by atoms with van der Waals surface area (Å²) in [6.45, 7) is 0.454. The van der Waals surface area contributed by atoms with Gasteiger partial charge in [-0.2, -0.15) is 0 Å². The minimum atomic E-state index is -3.06. The molecule has 1 atom stereocenters. The Bertz CT molecular complexity index is 1050. The van der Waals surface area contributed by atoms with Crippen LogP contribution < -0.4 is 0 Å². The predicted octanol–water partition coefficient (Wildman–Crippen LogP) is 3.06. The largest absolute Gasteiger partial charge is 0.333 e. The topological polar surface area (TPSA) is 80.2 Å². The highest BCUT2D eigenvalue weighted by molar-refractivity contribution is 8.00. The van der Waals surface area contributed by atoms with Gasteiger partial charge in [-0.25, -0.2) is 18.4 Å². The van der Waals surface area contributed by atoms with Gasteiger partial charge in [0.2, 0.25) is 5.91 Å². The summed E-state index contributed by atoms with van der Waals surface area (Å²) in [4.78, 5) is 24.3. The summed E-state index contributed by atoms with van der Waals surface area (Å²) in [6.07, 6.45) is 2.02. The SMILES string of the molecule is O=C(CSc1ncnc2ccsc12)N(Cc1cccs1)[C@H]1CCS(=O)(=O)C1. The maximum absolute atomic E-state index is 13.0. The second-order valence-electron chi connectivity index (χ2n) is 6.26. The molecule has 0 N–H and O–H groups in total. The van der Waals surface area contributed by atoms with Crippen LogP contribution in [0, 0.1) is 0 Å². The maximum Gasteiger partial charge on any atom is 0.233 e. The molecule has 0 aromatic carbocycles. The highest BCUT2D eigenvalue weighted by atomic mass is 32.2. The number of rotatable bonds is 6. The van der Waals surface area contributed by atoms with Crippen LogP contribution in [-0.4, -0.2) is 52.5 Å². The average Bonchev–Trinajstić information content (AvgIpc) is 3.38. The van der Waals surface area contributed by atoms with Crippen LogP contribution in [0.5, 0.6) is 0 Å². The Morgan fingerprint density at radius 1 is 1.26 bits per heavy atom. The second-order valence-corrected chi connectivity index (χ2v) is 11.4. The van der Waals surface area contributed by atoms with Crippen molar-refractivity contribution in [1.82, 2.24) is 14.9 Å². The van der Waals surface area contributed by atoms with E-state index in [0.29, 0.717) is 13.0 Å². The molecule has 1 saturated heterocycles. The Labute approximate surface area is 169 Å². The molecule has 3 aromatic heterocycles. The third-order valence-corrected chi connectivity index (χ3v) is 9.04. The maximum atomic E-state index is 13.0. The Hall–Kier alpha value is -1.49. The molecule has 4 heterocycles. The average molecular weight is 440 g/mol. The molecule has 1 amide bonds. The summed E-state index contributed by atoms with van der Waals surface area (Å²) in [5.74, 6) is 0.378. The molecule has 0 aliphatic carbocycles. The summed E-state index contributed by atoms with van der Waals surface area (Å²) in [7, 11) is -3.06. The van der Waals surface area contributed by atoms with Crippen LogP contribution >= 0.6 is 34.4 Å². The summed E-state index contributed by atoms with van der Waals surface area (Å²) in [5, 5.41) is 4.71. The van der Waals surface area contributed by atoms with Crippen molar-refractivity contribution < 1.29 is 13.2 Å². The van der Waals surface area contributed by atoms with Gasteiger partial charge in [-0.05, 0) is 29.3 Å². The fourth-order valence-electron chi connectivity index (χ4n) is 3.09. The third-order valence-electron chi connectivity index (χ3n) is 4.42. The monoisotopic (exact) mass is 439 g/mol. The van der Waals surface area contributed by atoms with Gasteiger partial charge in [-0.1, -0.05) is 17.8 Å². The van der Waals surface area contributed by atoms with Crippen molar-refractivity contribution in [3.05, 3.63) is 40.2 Å². The number of thiophene rings is 2. The number of carbonyl (C=O) groups excluding carboxylic acids is 1. The van der Waals surface area contributed by atoms with E-state index in [-0.39, 0.29) is 29.2 Å². The summed E-state index contributed by atoms with van der Waals surface area (Å²) >= 11 is 4.51. The zero-order chi connectivity index (χ0) is 18.9. The predicted molar refractivity (Wildman–Crippen MR) is 110 cm³/mol. The van der Waals surface area contributed by atoms with Crippen LogP contribution in [-0.2, 0) is 21.2 Å². The first kappa shape index (κ1) is 18.9. The lowest BCUT2D eigenvalue weighted by molar-refractivity contribution is -0.130. The highest BCUT2D eigenvalue weighted by Crippen LogP contribution is 2.30. The fraction of sp³-hybridized carbons (Fsp3) is 0.353. The third kappa shape index (κ3) is 4.34. The van der Waals surface area contributed by atoms with Crippen molar-refractivity contribution in [2.45, 2.75) is 24.0 Å². The first-order valence-corrected chi connectivity index (χ1v) is 12.9. The molecule has 3 aromatic rings. The number of fused-ring (bicyclic) bond motifs is 1. The first-order valence-electron chi connectivity index (χ1n) is 8.35. The first-order chi connectivity index (χ1) is 13.0. The lowest BCUT2D eigenvalue weighted by Crippen LogP contribution is -2.41. The van der Waals surface area contributed by atoms with Crippen molar-refractivity contribution in [1.29, 1.82) is 0 Å². The van der Waals surface area contributed by atoms with Gasteiger partial charge in [0.1, 0.15) is 11.4 Å². The zero-order valence-corrected chi connectivity index (χ0v) is 17.5. The van der Waals surface area contributed by atoms with Crippen LogP contribution in [0.1, 0.15) is 11.3 Å². The van der Waals surface area contributed by atoms with Crippen LogP contribution in [0.25, 0.3) is 10.2 Å². The zero-order valence-electron chi connectivity index (χ0n) is 14.3. The van der Waals surface area contributed by atoms with Gasteiger partial charge in [-0.3, -0.25) is 4.79 Å². The van der Waals surface area contributed by atoms with E-state index >= 15 is 0 Å². The van der Waals surface area contributed by atoms with Crippen molar-refractivity contribution in [2.24, 2.45) is 0 Å². The lowest BCUT2D eigenvalue weighted by atomic mass is 10.2. The summed E-state index contributed by atoms with van der Waals surface area (Å²) in [6, 6.07) is 5.59. The van der Waals surface area contributed by atoms with Gasteiger partial charge in [0.25, 0.3) is 0 Å². The summed E-state index contributed by atoms with van der Waals surface area (Å²) < 4.78 is 24.8. The lowest BCUT2D eigenvalue weighted by Gasteiger charge is -2.27. The second kappa shape index (κ2) is 7.86. The highest BCUT2D eigenvalue weighted by Gasteiger charge is 2.34. The smallest absolute Gasteiger partial charge is 0.233 e. The van der Waals surface area contributed by atoms with E-state index in [1.807, 2.05) is 29.0 Å². The van der Waals surface area contributed by atoms with Crippen molar-refractivity contribution in [2.75, 3.05) is 17.3 Å². The molecule has 6 nitrogen and oxygen atoms in total. The number of nitrogens with zero attached hydrogens (tertiary/aromatic N) is 3. The van der Waals surface area contributed by atoms with Gasteiger partial charge in [0.05, 0.1) is 34.0 Å². The van der Waals surface area contributed by atoms with Gasteiger partial charge in [-0.15, -0.1) is 22.7 Å². The van der Waals surface area contributed by atoms with Gasteiger partial charge in [0, 0.05) is 10.9 Å². The van der Waals surface area contributed by atoms with Gasteiger partial charge >= 0.3 is 0 Å². The van der Waals surface area contributed by atoms with E-state index in [9.17, 15) is 13.2 Å². The number of hydrogen-bond donors (Lipinski definition) is 0. The number of hydrogen-bond acceptors (Lipinski definition) is 8. The Morgan fingerprint density at radius 3 is 2.89 bits per heavy atom. The Morgan fingerprint density at radius 2 is 2.15 bits per heavy atom. The molecule has 0 radical (unpaired) electrons. The molecule has 0 saturated carbocycles. The normalized spacial score (nSPS) is 18.7. The molecule has 0 spiro atoms. The quantitative estimate of drug-likeness (QED) is 0.434. The number of sulfone groups is 1. The van der Waals surface area contributed by atoms with Crippen molar-refractivity contribution in [3.8, 4) is 0 Å². The van der Waals surface area contributed by atoms with Gasteiger partial charge < -0.3 is 4.90 Å². The Balaban J connectivity index is 1.50. The molecule has 1 fully saturated rings. The molecule has 4 rings (SSSR count). The Kier molecular flexibility index (Phi) is 5.49. The molecule has 1 aliphatic rings. The van der Waals surface area contributed by atoms with E-state index in [0.717, 1.165) is 20.1 Å². The molecule has 27 heavy (non-hydrogen) atoms. The van der Waals surface area contributed by atoms with E-state index in [2.05, 4.69) is 9.97 Å². The van der Waals surface area contributed by atoms with Crippen LogP contribution in [0.4, 0.5) is 0 Å². The molecular weight excluding hydrogens is 422 g/mol. The summed E-state index contributed by atoms with van der Waals surface area (Å²) in [5.41, 5.74) is 0.877. The van der Waals surface area contributed by atoms with Crippen molar-refractivity contribution >= 4 is 60.4 Å². The van der Waals surface area contributed by atoms with Gasteiger partial charge in [0.15, 0.2) is 9.84 Å². The molecule has 0 bridgehead atoms. The molecular formula is C17H17N3O3S4. The standard InChI is InChI=1S/C17H17N3O3S4/c21-15(9-26-17-16-14(3-6-25-16)18-11-19-17)20(8-13-2-1-5-24-13)12-4-7-27(22,23)10-12/h1-3,5-6,11-12H,4,7-10H2/t12-/m0/s1. The number of aromatic nitrogens is 2. The molecule has 142 valence electrons. The fourth-order valence-corrected chi connectivity index (χ4v) is 7.36. The van der Waals surface area contributed by atoms with Crippen LogP contribution in [0.15, 0.2) is 40.3 Å². The number of thioether (sulfide) groups is 1. The number of carbonyl (C=O) groups is 1. The molecule has 1 aliphatic heterocycles.